The van der Waals surface area contributed by atoms with E-state index in [1.54, 1.807) is 6.07 Å². The average Bonchev–Trinajstić information content (AvgIpc) is 3.24. The fourth-order valence-corrected chi connectivity index (χ4v) is 2.65. The summed E-state index contributed by atoms with van der Waals surface area (Å²) < 4.78 is 14.3. The molecule has 1 saturated heterocycles. The SMILES string of the molecule is CC1C(=O)NCCN1c1c(F)cccc1CNC1CC1. The maximum Gasteiger partial charge on any atom is 0.242 e. The van der Waals surface area contributed by atoms with Crippen LogP contribution in [0.2, 0.25) is 0 Å². The third-order valence-corrected chi connectivity index (χ3v) is 4.01. The molecular weight excluding hydrogens is 257 g/mol. The molecule has 1 aromatic carbocycles. The topological polar surface area (TPSA) is 44.4 Å². The van der Waals surface area contributed by atoms with Gasteiger partial charge in [-0.25, -0.2) is 4.39 Å². The molecule has 5 heteroatoms. The molecule has 2 aliphatic rings. The Bertz CT molecular complexity index is 516. The molecule has 1 unspecified atom stereocenters. The van der Waals surface area contributed by atoms with Gasteiger partial charge in [0.25, 0.3) is 0 Å². The number of carbonyl (C=O) groups is 1. The highest BCUT2D eigenvalue weighted by atomic mass is 19.1. The smallest absolute Gasteiger partial charge is 0.242 e. The van der Waals surface area contributed by atoms with E-state index >= 15 is 0 Å². The molecule has 3 rings (SSSR count). The Kier molecular flexibility index (Phi) is 3.61. The van der Waals surface area contributed by atoms with E-state index in [-0.39, 0.29) is 17.8 Å². The molecule has 1 saturated carbocycles. The molecule has 2 fully saturated rings. The molecule has 0 radical (unpaired) electrons. The second-order valence-electron chi connectivity index (χ2n) is 5.56. The number of carbonyl (C=O) groups excluding carboxylic acids is 1. The molecule has 1 heterocycles. The lowest BCUT2D eigenvalue weighted by molar-refractivity contribution is -0.122. The van der Waals surface area contributed by atoms with Gasteiger partial charge in [-0.15, -0.1) is 0 Å². The van der Waals surface area contributed by atoms with Gasteiger partial charge in [0.1, 0.15) is 11.9 Å². The molecule has 1 aliphatic heterocycles. The summed E-state index contributed by atoms with van der Waals surface area (Å²) in [6, 6.07) is 5.38. The Morgan fingerprint density at radius 3 is 3.00 bits per heavy atom. The van der Waals surface area contributed by atoms with Crippen molar-refractivity contribution in [3.63, 3.8) is 0 Å². The molecule has 2 N–H and O–H groups in total. The van der Waals surface area contributed by atoms with Gasteiger partial charge in [-0.1, -0.05) is 12.1 Å². The van der Waals surface area contributed by atoms with Crippen molar-refractivity contribution in [3.05, 3.63) is 29.6 Å². The maximum atomic E-state index is 14.3. The number of amides is 1. The summed E-state index contributed by atoms with van der Waals surface area (Å²) in [5.74, 6) is -0.290. The standard InChI is InChI=1S/C15H20FN3O/c1-10-15(20)17-7-8-19(10)14-11(3-2-4-13(14)16)9-18-12-5-6-12/h2-4,10,12,18H,5-9H2,1H3,(H,17,20). The highest BCUT2D eigenvalue weighted by Crippen LogP contribution is 2.28. The average molecular weight is 277 g/mol. The van der Waals surface area contributed by atoms with E-state index in [0.717, 1.165) is 5.56 Å². The fourth-order valence-electron chi connectivity index (χ4n) is 2.65. The molecular formula is C15H20FN3O. The first-order valence-corrected chi connectivity index (χ1v) is 7.22. The van der Waals surface area contributed by atoms with E-state index in [1.165, 1.54) is 18.9 Å². The van der Waals surface area contributed by atoms with Gasteiger partial charge in [-0.3, -0.25) is 4.79 Å². The lowest BCUT2D eigenvalue weighted by Crippen LogP contribution is -2.54. The van der Waals surface area contributed by atoms with Gasteiger partial charge in [0.05, 0.1) is 5.69 Å². The van der Waals surface area contributed by atoms with Gasteiger partial charge < -0.3 is 15.5 Å². The summed E-state index contributed by atoms with van der Waals surface area (Å²) in [6.07, 6.45) is 2.40. The van der Waals surface area contributed by atoms with Crippen molar-refractivity contribution in [2.45, 2.75) is 38.4 Å². The first-order chi connectivity index (χ1) is 9.66. The number of halogens is 1. The van der Waals surface area contributed by atoms with Crippen LogP contribution in [0.25, 0.3) is 0 Å². The first-order valence-electron chi connectivity index (χ1n) is 7.22. The molecule has 4 nitrogen and oxygen atoms in total. The van der Waals surface area contributed by atoms with E-state index in [0.29, 0.717) is 31.4 Å². The van der Waals surface area contributed by atoms with Crippen LogP contribution in [0.3, 0.4) is 0 Å². The number of nitrogens with zero attached hydrogens (tertiary/aromatic N) is 1. The molecule has 1 amide bonds. The number of benzene rings is 1. The number of piperazine rings is 1. The zero-order valence-corrected chi connectivity index (χ0v) is 11.7. The van der Waals surface area contributed by atoms with Gasteiger partial charge >= 0.3 is 0 Å². The molecule has 0 bridgehead atoms. The Labute approximate surface area is 118 Å². The Morgan fingerprint density at radius 2 is 2.25 bits per heavy atom. The summed E-state index contributed by atoms with van der Waals surface area (Å²) in [7, 11) is 0. The monoisotopic (exact) mass is 277 g/mol. The molecule has 0 aromatic heterocycles. The highest BCUT2D eigenvalue weighted by Gasteiger charge is 2.29. The lowest BCUT2D eigenvalue weighted by atomic mass is 10.1. The number of rotatable bonds is 4. The predicted molar refractivity (Wildman–Crippen MR) is 76.1 cm³/mol. The molecule has 1 aliphatic carbocycles. The van der Waals surface area contributed by atoms with Crippen LogP contribution in [-0.2, 0) is 11.3 Å². The van der Waals surface area contributed by atoms with Crippen LogP contribution in [0.5, 0.6) is 0 Å². The van der Waals surface area contributed by atoms with Gasteiger partial charge in [-0.2, -0.15) is 0 Å². The van der Waals surface area contributed by atoms with E-state index < -0.39 is 0 Å². The van der Waals surface area contributed by atoms with Crippen LogP contribution in [0.4, 0.5) is 10.1 Å². The minimum absolute atomic E-state index is 0.0411. The Balaban J connectivity index is 1.87. The van der Waals surface area contributed by atoms with E-state index in [4.69, 9.17) is 0 Å². The van der Waals surface area contributed by atoms with Crippen molar-refractivity contribution < 1.29 is 9.18 Å². The van der Waals surface area contributed by atoms with Crippen molar-refractivity contribution in [1.82, 2.24) is 10.6 Å². The summed E-state index contributed by atoms with van der Waals surface area (Å²) in [5, 5.41) is 6.22. The molecule has 108 valence electrons. The number of hydrogen-bond donors (Lipinski definition) is 2. The largest absolute Gasteiger partial charge is 0.355 e. The normalized spacial score (nSPS) is 22.8. The predicted octanol–water partition coefficient (Wildman–Crippen LogP) is 1.40. The van der Waals surface area contributed by atoms with Crippen LogP contribution in [0.15, 0.2) is 18.2 Å². The lowest BCUT2D eigenvalue weighted by Gasteiger charge is -2.36. The molecule has 1 aromatic rings. The van der Waals surface area contributed by atoms with Crippen LogP contribution < -0.4 is 15.5 Å². The van der Waals surface area contributed by atoms with Crippen LogP contribution >= 0.6 is 0 Å². The Morgan fingerprint density at radius 1 is 1.45 bits per heavy atom. The van der Waals surface area contributed by atoms with Gasteiger partial charge in [0.2, 0.25) is 5.91 Å². The molecule has 20 heavy (non-hydrogen) atoms. The van der Waals surface area contributed by atoms with Crippen molar-refractivity contribution in [2.24, 2.45) is 0 Å². The van der Waals surface area contributed by atoms with Gasteiger partial charge in [0, 0.05) is 25.7 Å². The minimum Gasteiger partial charge on any atom is -0.355 e. The number of hydrogen-bond acceptors (Lipinski definition) is 3. The van der Waals surface area contributed by atoms with Crippen LogP contribution in [-0.4, -0.2) is 31.1 Å². The van der Waals surface area contributed by atoms with Crippen molar-refractivity contribution in [3.8, 4) is 0 Å². The van der Waals surface area contributed by atoms with E-state index in [1.807, 2.05) is 17.9 Å². The maximum absolute atomic E-state index is 14.3. The van der Waals surface area contributed by atoms with Crippen LogP contribution in [0.1, 0.15) is 25.3 Å². The van der Waals surface area contributed by atoms with Gasteiger partial charge in [0.15, 0.2) is 0 Å². The minimum atomic E-state index is -0.333. The Hall–Kier alpha value is -1.62. The number of para-hydroxylation sites is 1. The highest BCUT2D eigenvalue weighted by molar-refractivity contribution is 5.86. The van der Waals surface area contributed by atoms with Crippen molar-refractivity contribution in [2.75, 3.05) is 18.0 Å². The summed E-state index contributed by atoms with van der Waals surface area (Å²) in [5.41, 5.74) is 1.50. The third-order valence-electron chi connectivity index (χ3n) is 4.01. The second-order valence-corrected chi connectivity index (χ2v) is 5.56. The zero-order chi connectivity index (χ0) is 14.1. The summed E-state index contributed by atoms with van der Waals surface area (Å²) >= 11 is 0. The third kappa shape index (κ3) is 2.63. The summed E-state index contributed by atoms with van der Waals surface area (Å²) in [6.45, 7) is 3.68. The van der Waals surface area contributed by atoms with Crippen molar-refractivity contribution >= 4 is 11.6 Å². The molecule has 1 atom stereocenters. The number of nitrogens with one attached hydrogen (secondary N) is 2. The van der Waals surface area contributed by atoms with Crippen molar-refractivity contribution in [1.29, 1.82) is 0 Å². The molecule has 0 spiro atoms. The summed E-state index contributed by atoms with van der Waals surface area (Å²) in [4.78, 5) is 13.7. The number of anilines is 1. The first kappa shape index (κ1) is 13.4. The zero-order valence-electron chi connectivity index (χ0n) is 11.7. The second kappa shape index (κ2) is 5.40. The van der Waals surface area contributed by atoms with Crippen LogP contribution in [0, 0.1) is 5.82 Å². The van der Waals surface area contributed by atoms with E-state index in [9.17, 15) is 9.18 Å². The fraction of sp³-hybridized carbons (Fsp3) is 0.533. The quantitative estimate of drug-likeness (QED) is 0.874. The van der Waals surface area contributed by atoms with E-state index in [2.05, 4.69) is 10.6 Å². The van der Waals surface area contributed by atoms with Gasteiger partial charge in [-0.05, 0) is 31.4 Å².